The van der Waals surface area contributed by atoms with Gasteiger partial charge >= 0.3 is 5.97 Å². The molecule has 1 aromatic carbocycles. The third-order valence-corrected chi connectivity index (χ3v) is 5.63. The third-order valence-electron chi connectivity index (χ3n) is 5.63. The number of fused-ring (bicyclic) bond motifs is 1. The molecule has 27 heavy (non-hydrogen) atoms. The second kappa shape index (κ2) is 10.5. The van der Waals surface area contributed by atoms with E-state index in [0.29, 0.717) is 18.3 Å². The summed E-state index contributed by atoms with van der Waals surface area (Å²) in [6, 6.07) is 7.97. The summed E-state index contributed by atoms with van der Waals surface area (Å²) in [6.07, 6.45) is 14.7. The van der Waals surface area contributed by atoms with Gasteiger partial charge in [-0.2, -0.15) is 0 Å². The lowest BCUT2D eigenvalue weighted by Crippen LogP contribution is -2.47. The number of esters is 1. The molecule has 1 aromatic rings. The Morgan fingerprint density at radius 1 is 1.11 bits per heavy atom. The third kappa shape index (κ3) is 5.83. The summed E-state index contributed by atoms with van der Waals surface area (Å²) in [4.78, 5) is 17.2. The van der Waals surface area contributed by atoms with Crippen LogP contribution in [0.5, 0.6) is 0 Å². The largest absolute Gasteiger partial charge is 0.462 e. The lowest BCUT2D eigenvalue weighted by atomic mass is 10.1. The highest BCUT2D eigenvalue weighted by Gasteiger charge is 2.26. The molecule has 0 bridgehead atoms. The molecule has 0 saturated carbocycles. The average Bonchev–Trinajstić information content (AvgIpc) is 2.94. The zero-order valence-corrected chi connectivity index (χ0v) is 16.7. The first-order chi connectivity index (χ1) is 13.3. The van der Waals surface area contributed by atoms with E-state index in [0.717, 1.165) is 25.9 Å². The van der Waals surface area contributed by atoms with Gasteiger partial charge in [0.2, 0.25) is 0 Å². The van der Waals surface area contributed by atoms with E-state index in [-0.39, 0.29) is 5.97 Å². The molecular formula is C23H34N2O2. The first-order valence-electron chi connectivity index (χ1n) is 10.7. The van der Waals surface area contributed by atoms with Gasteiger partial charge in [0.15, 0.2) is 0 Å². The van der Waals surface area contributed by atoms with Crippen LogP contribution in [-0.4, -0.2) is 41.6 Å². The van der Waals surface area contributed by atoms with Gasteiger partial charge in [-0.25, -0.2) is 4.79 Å². The molecule has 0 spiro atoms. The quantitative estimate of drug-likeness (QED) is 0.478. The van der Waals surface area contributed by atoms with Crippen molar-refractivity contribution in [3.05, 3.63) is 47.7 Å². The molecule has 1 unspecified atom stereocenters. The summed E-state index contributed by atoms with van der Waals surface area (Å²) < 4.78 is 5.38. The fraction of sp³-hybridized carbons (Fsp3) is 0.609. The SMILES string of the molecule is CCCCCCOC(=O)c1ccc(CN2CC=CN3CCCCCC32)cc1. The van der Waals surface area contributed by atoms with Crippen molar-refractivity contribution < 1.29 is 9.53 Å². The zero-order chi connectivity index (χ0) is 18.9. The molecule has 1 fully saturated rings. The van der Waals surface area contributed by atoms with Crippen molar-refractivity contribution in [1.29, 1.82) is 0 Å². The van der Waals surface area contributed by atoms with Gasteiger partial charge in [0.25, 0.3) is 0 Å². The second-order valence-electron chi connectivity index (χ2n) is 7.78. The molecule has 0 radical (unpaired) electrons. The number of nitrogens with zero attached hydrogens (tertiary/aromatic N) is 2. The predicted molar refractivity (Wildman–Crippen MR) is 109 cm³/mol. The van der Waals surface area contributed by atoms with E-state index >= 15 is 0 Å². The number of benzene rings is 1. The minimum atomic E-state index is -0.200. The van der Waals surface area contributed by atoms with Gasteiger partial charge in [0, 0.05) is 19.6 Å². The summed E-state index contributed by atoms with van der Waals surface area (Å²) in [5, 5.41) is 0. The van der Waals surface area contributed by atoms with Crippen LogP contribution >= 0.6 is 0 Å². The Morgan fingerprint density at radius 3 is 2.78 bits per heavy atom. The molecule has 0 aliphatic carbocycles. The maximum absolute atomic E-state index is 12.2. The highest BCUT2D eigenvalue weighted by Crippen LogP contribution is 2.24. The Bertz CT molecular complexity index is 611. The van der Waals surface area contributed by atoms with E-state index in [1.54, 1.807) is 0 Å². The standard InChI is InChI=1S/C23H34N2O2/c1-2-3-4-8-18-27-23(26)21-13-11-20(12-14-21)19-25-17-9-16-24-15-7-5-6-10-22(24)25/h9,11-14,16,22H,2-8,10,15,17-19H2,1H3. The van der Waals surface area contributed by atoms with E-state index < -0.39 is 0 Å². The maximum atomic E-state index is 12.2. The molecule has 0 N–H and O–H groups in total. The molecular weight excluding hydrogens is 336 g/mol. The van der Waals surface area contributed by atoms with Crippen LogP contribution in [0.1, 0.15) is 74.2 Å². The van der Waals surface area contributed by atoms with Crippen LogP contribution in [0.2, 0.25) is 0 Å². The molecule has 0 aromatic heterocycles. The van der Waals surface area contributed by atoms with Gasteiger partial charge in [-0.3, -0.25) is 4.90 Å². The van der Waals surface area contributed by atoms with Crippen molar-refractivity contribution in [1.82, 2.24) is 9.80 Å². The Morgan fingerprint density at radius 2 is 1.96 bits per heavy atom. The van der Waals surface area contributed by atoms with Crippen LogP contribution in [0.15, 0.2) is 36.5 Å². The first kappa shape index (κ1) is 19.9. The Hall–Kier alpha value is -1.81. The molecule has 4 nitrogen and oxygen atoms in total. The van der Waals surface area contributed by atoms with Gasteiger partial charge < -0.3 is 9.64 Å². The van der Waals surface area contributed by atoms with Crippen molar-refractivity contribution in [3.63, 3.8) is 0 Å². The van der Waals surface area contributed by atoms with E-state index in [4.69, 9.17) is 4.74 Å². The van der Waals surface area contributed by atoms with Crippen LogP contribution in [0.3, 0.4) is 0 Å². The van der Waals surface area contributed by atoms with Crippen molar-refractivity contribution in [2.24, 2.45) is 0 Å². The summed E-state index contributed by atoms with van der Waals surface area (Å²) in [5.74, 6) is -0.200. The number of rotatable bonds is 8. The summed E-state index contributed by atoms with van der Waals surface area (Å²) in [6.45, 7) is 5.81. The molecule has 2 aliphatic rings. The highest BCUT2D eigenvalue weighted by molar-refractivity contribution is 5.89. The van der Waals surface area contributed by atoms with Gasteiger partial charge in [-0.05, 0) is 49.6 Å². The maximum Gasteiger partial charge on any atom is 0.338 e. The normalized spacial score (nSPS) is 20.2. The minimum Gasteiger partial charge on any atom is -0.462 e. The minimum absolute atomic E-state index is 0.200. The lowest BCUT2D eigenvalue weighted by molar-refractivity contribution is 0.0497. The Labute approximate surface area is 164 Å². The van der Waals surface area contributed by atoms with Crippen molar-refractivity contribution in [2.75, 3.05) is 19.7 Å². The molecule has 1 atom stereocenters. The van der Waals surface area contributed by atoms with Crippen LogP contribution in [0.4, 0.5) is 0 Å². The first-order valence-corrected chi connectivity index (χ1v) is 10.7. The average molecular weight is 371 g/mol. The van der Waals surface area contributed by atoms with E-state index in [1.165, 1.54) is 50.6 Å². The van der Waals surface area contributed by atoms with Crippen molar-refractivity contribution in [3.8, 4) is 0 Å². The van der Waals surface area contributed by atoms with Crippen molar-refractivity contribution >= 4 is 5.97 Å². The van der Waals surface area contributed by atoms with Gasteiger partial charge in [-0.15, -0.1) is 0 Å². The fourth-order valence-corrected chi connectivity index (χ4v) is 4.05. The van der Waals surface area contributed by atoms with Crippen LogP contribution < -0.4 is 0 Å². The molecule has 2 heterocycles. The number of carbonyl (C=O) groups excluding carboxylic acids is 1. The molecule has 0 amide bonds. The highest BCUT2D eigenvalue weighted by atomic mass is 16.5. The molecule has 3 rings (SSSR count). The van der Waals surface area contributed by atoms with E-state index in [2.05, 4.69) is 41.1 Å². The summed E-state index contributed by atoms with van der Waals surface area (Å²) >= 11 is 0. The number of unbranched alkanes of at least 4 members (excludes halogenated alkanes) is 3. The Kier molecular flexibility index (Phi) is 7.76. The fourth-order valence-electron chi connectivity index (χ4n) is 4.05. The second-order valence-corrected chi connectivity index (χ2v) is 7.78. The van der Waals surface area contributed by atoms with Crippen LogP contribution in [0.25, 0.3) is 0 Å². The molecule has 2 aliphatic heterocycles. The monoisotopic (exact) mass is 370 g/mol. The summed E-state index contributed by atoms with van der Waals surface area (Å²) in [5.41, 5.74) is 1.91. The molecule has 4 heteroatoms. The Balaban J connectivity index is 1.51. The van der Waals surface area contributed by atoms with Crippen LogP contribution in [-0.2, 0) is 11.3 Å². The van der Waals surface area contributed by atoms with Gasteiger partial charge in [0.05, 0.1) is 18.3 Å². The number of carbonyl (C=O) groups is 1. The van der Waals surface area contributed by atoms with E-state index in [1.807, 2.05) is 12.1 Å². The number of hydrogen-bond donors (Lipinski definition) is 0. The van der Waals surface area contributed by atoms with E-state index in [9.17, 15) is 4.79 Å². The molecule has 148 valence electrons. The van der Waals surface area contributed by atoms with Crippen molar-refractivity contribution in [2.45, 2.75) is 71.0 Å². The zero-order valence-electron chi connectivity index (χ0n) is 16.7. The molecule has 1 saturated heterocycles. The smallest absolute Gasteiger partial charge is 0.338 e. The number of ether oxygens (including phenoxy) is 1. The predicted octanol–water partition coefficient (Wildman–Crippen LogP) is 4.96. The lowest BCUT2D eigenvalue weighted by Gasteiger charge is -2.41. The summed E-state index contributed by atoms with van der Waals surface area (Å²) in [7, 11) is 0. The van der Waals surface area contributed by atoms with Gasteiger partial charge in [-0.1, -0.05) is 50.8 Å². The van der Waals surface area contributed by atoms with Crippen LogP contribution in [0, 0.1) is 0 Å². The number of hydrogen-bond acceptors (Lipinski definition) is 4. The topological polar surface area (TPSA) is 32.8 Å². The van der Waals surface area contributed by atoms with Gasteiger partial charge in [0.1, 0.15) is 0 Å².